The lowest BCUT2D eigenvalue weighted by atomic mass is 10.00. The van der Waals surface area contributed by atoms with Crippen LogP contribution in [0.5, 0.6) is 0 Å². The second-order valence-electron chi connectivity index (χ2n) is 6.59. The van der Waals surface area contributed by atoms with Gasteiger partial charge < -0.3 is 23.7 Å². The summed E-state index contributed by atoms with van der Waals surface area (Å²) in [5.41, 5.74) is 1.16. The van der Waals surface area contributed by atoms with Crippen LogP contribution in [0.4, 0.5) is 0 Å². The fraction of sp³-hybridized carbons (Fsp3) is 0.647. The molecule has 3 saturated heterocycles. The van der Waals surface area contributed by atoms with Crippen molar-refractivity contribution in [2.24, 2.45) is 0 Å². The van der Waals surface area contributed by atoms with Gasteiger partial charge in [-0.1, -0.05) is 30.3 Å². The van der Waals surface area contributed by atoms with E-state index in [-0.39, 0.29) is 30.7 Å². The molecule has 0 saturated carbocycles. The Morgan fingerprint density at radius 1 is 1.14 bits per heavy atom. The third-order valence-corrected chi connectivity index (χ3v) is 4.29. The average molecular weight is 306 g/mol. The highest BCUT2D eigenvalue weighted by Crippen LogP contribution is 2.39. The quantitative estimate of drug-likeness (QED) is 0.799. The number of ether oxygens (including phenoxy) is 5. The van der Waals surface area contributed by atoms with Crippen LogP contribution in [0, 0.1) is 0 Å². The molecule has 0 radical (unpaired) electrons. The predicted molar refractivity (Wildman–Crippen MR) is 78.1 cm³/mol. The van der Waals surface area contributed by atoms with E-state index < -0.39 is 5.79 Å². The second-order valence-corrected chi connectivity index (χ2v) is 6.59. The summed E-state index contributed by atoms with van der Waals surface area (Å²) in [5, 5.41) is 0. The van der Waals surface area contributed by atoms with Crippen LogP contribution in [0.15, 0.2) is 30.3 Å². The molecule has 0 amide bonds. The van der Waals surface area contributed by atoms with Crippen LogP contribution >= 0.6 is 0 Å². The number of hydrogen-bond acceptors (Lipinski definition) is 5. The molecule has 5 nitrogen and oxygen atoms in total. The Morgan fingerprint density at radius 2 is 1.91 bits per heavy atom. The van der Waals surface area contributed by atoms with E-state index in [1.807, 2.05) is 32.0 Å². The molecule has 4 rings (SSSR count). The molecule has 0 spiro atoms. The van der Waals surface area contributed by atoms with Crippen LogP contribution in [0.25, 0.3) is 0 Å². The van der Waals surface area contributed by atoms with E-state index in [1.54, 1.807) is 0 Å². The molecule has 0 bridgehead atoms. The first-order valence-corrected chi connectivity index (χ1v) is 7.89. The Balaban J connectivity index is 1.43. The lowest BCUT2D eigenvalue weighted by Crippen LogP contribution is -2.49. The van der Waals surface area contributed by atoms with Crippen molar-refractivity contribution in [1.29, 1.82) is 0 Å². The molecular weight excluding hydrogens is 284 g/mol. The van der Waals surface area contributed by atoms with Crippen molar-refractivity contribution < 1.29 is 23.7 Å². The van der Waals surface area contributed by atoms with Crippen molar-refractivity contribution in [3.8, 4) is 0 Å². The van der Waals surface area contributed by atoms with Crippen LogP contribution in [0.3, 0.4) is 0 Å². The lowest BCUT2D eigenvalue weighted by molar-refractivity contribution is -0.238. The van der Waals surface area contributed by atoms with Crippen molar-refractivity contribution in [3.63, 3.8) is 0 Å². The lowest BCUT2D eigenvalue weighted by Gasteiger charge is -2.36. The zero-order chi connectivity index (χ0) is 15.2. The van der Waals surface area contributed by atoms with Crippen molar-refractivity contribution in [2.45, 2.75) is 63.4 Å². The van der Waals surface area contributed by atoms with Gasteiger partial charge >= 0.3 is 0 Å². The molecule has 3 fully saturated rings. The number of epoxide rings is 1. The van der Waals surface area contributed by atoms with Gasteiger partial charge in [0.1, 0.15) is 18.3 Å². The third kappa shape index (κ3) is 3.05. The average Bonchev–Trinajstić information content (AvgIpc) is 3.28. The maximum absolute atomic E-state index is 6.12. The summed E-state index contributed by atoms with van der Waals surface area (Å²) >= 11 is 0. The van der Waals surface area contributed by atoms with Crippen LogP contribution < -0.4 is 0 Å². The smallest absolute Gasteiger partial charge is 0.187 e. The van der Waals surface area contributed by atoms with Gasteiger partial charge in [0.25, 0.3) is 0 Å². The van der Waals surface area contributed by atoms with Crippen molar-refractivity contribution in [1.82, 2.24) is 0 Å². The van der Waals surface area contributed by atoms with Gasteiger partial charge in [-0.2, -0.15) is 0 Å². The Bertz CT molecular complexity index is 513. The van der Waals surface area contributed by atoms with Crippen molar-refractivity contribution >= 4 is 0 Å². The largest absolute Gasteiger partial charge is 0.371 e. The van der Waals surface area contributed by atoms with E-state index in [1.165, 1.54) is 0 Å². The third-order valence-electron chi connectivity index (χ3n) is 4.29. The highest BCUT2D eigenvalue weighted by Gasteiger charge is 2.53. The molecule has 120 valence electrons. The minimum absolute atomic E-state index is 0.0357. The van der Waals surface area contributed by atoms with Gasteiger partial charge in [0.05, 0.1) is 19.3 Å². The summed E-state index contributed by atoms with van der Waals surface area (Å²) in [7, 11) is 0. The summed E-state index contributed by atoms with van der Waals surface area (Å²) in [5.74, 6) is -0.599. The van der Waals surface area contributed by atoms with Gasteiger partial charge in [-0.3, -0.25) is 0 Å². The monoisotopic (exact) mass is 306 g/mol. The van der Waals surface area contributed by atoms with Gasteiger partial charge in [0.2, 0.25) is 0 Å². The zero-order valence-corrected chi connectivity index (χ0v) is 12.9. The summed E-state index contributed by atoms with van der Waals surface area (Å²) in [4.78, 5) is 0. The van der Waals surface area contributed by atoms with Crippen molar-refractivity contribution in [2.75, 3.05) is 6.61 Å². The van der Waals surface area contributed by atoms with E-state index in [2.05, 4.69) is 12.1 Å². The molecule has 3 aliphatic rings. The molecule has 0 aromatic heterocycles. The van der Waals surface area contributed by atoms with Gasteiger partial charge in [0.15, 0.2) is 12.1 Å². The normalized spacial score (nSPS) is 39.5. The van der Waals surface area contributed by atoms with Gasteiger partial charge in [-0.15, -0.1) is 0 Å². The Hall–Kier alpha value is -0.980. The van der Waals surface area contributed by atoms with E-state index >= 15 is 0 Å². The van der Waals surface area contributed by atoms with Crippen LogP contribution in [0.1, 0.15) is 25.8 Å². The Labute approximate surface area is 130 Å². The summed E-state index contributed by atoms with van der Waals surface area (Å²) in [6.45, 7) is 5.13. The zero-order valence-electron chi connectivity index (χ0n) is 12.9. The summed E-state index contributed by atoms with van der Waals surface area (Å²) in [6, 6.07) is 10.2. The summed E-state index contributed by atoms with van der Waals surface area (Å²) in [6.07, 6.45) is 0.375. The first kappa shape index (κ1) is 14.6. The topological polar surface area (TPSA) is 49.5 Å². The summed E-state index contributed by atoms with van der Waals surface area (Å²) < 4.78 is 29.4. The number of rotatable bonds is 4. The molecule has 22 heavy (non-hydrogen) atoms. The molecular formula is C17H22O5. The molecule has 3 heterocycles. The first-order chi connectivity index (χ1) is 10.6. The maximum Gasteiger partial charge on any atom is 0.187 e. The van der Waals surface area contributed by atoms with E-state index in [0.717, 1.165) is 18.6 Å². The van der Waals surface area contributed by atoms with Gasteiger partial charge in [0, 0.05) is 6.42 Å². The molecule has 3 aliphatic heterocycles. The molecule has 3 unspecified atom stereocenters. The van der Waals surface area contributed by atoms with E-state index in [0.29, 0.717) is 6.61 Å². The minimum atomic E-state index is -0.599. The molecule has 1 aromatic rings. The van der Waals surface area contributed by atoms with E-state index in [4.69, 9.17) is 23.7 Å². The van der Waals surface area contributed by atoms with E-state index in [9.17, 15) is 0 Å². The number of hydrogen-bond donors (Lipinski definition) is 0. The van der Waals surface area contributed by atoms with Gasteiger partial charge in [-0.05, 0) is 19.4 Å². The highest BCUT2D eigenvalue weighted by molar-refractivity contribution is 5.13. The Kier molecular flexibility index (Phi) is 3.71. The first-order valence-electron chi connectivity index (χ1n) is 7.89. The molecule has 5 atom stereocenters. The minimum Gasteiger partial charge on any atom is -0.371 e. The van der Waals surface area contributed by atoms with Crippen LogP contribution in [0.2, 0.25) is 0 Å². The SMILES string of the molecule is CC1(C)OC2CC(OCc3ccccc3)[C@@H](C3CO3)O[C@@H]2O1. The number of fused-ring (bicyclic) bond motifs is 1. The predicted octanol–water partition coefficient (Wildman–Crippen LogP) is 2.24. The standard InChI is InChI=1S/C17H22O5/c1-17(2)21-13-8-12(18-9-11-6-4-3-5-7-11)15(14-10-19-14)20-16(13)22-17/h3-7,12-16H,8-10H2,1-2H3/t12?,13?,14?,15-,16+/m0/s1. The Morgan fingerprint density at radius 3 is 2.64 bits per heavy atom. The van der Waals surface area contributed by atoms with Crippen LogP contribution in [-0.4, -0.2) is 43.1 Å². The molecule has 0 N–H and O–H groups in total. The molecule has 1 aromatic carbocycles. The molecule has 5 heteroatoms. The maximum atomic E-state index is 6.12. The fourth-order valence-corrected chi connectivity index (χ4v) is 3.20. The molecule has 0 aliphatic carbocycles. The van der Waals surface area contributed by atoms with Crippen molar-refractivity contribution in [3.05, 3.63) is 35.9 Å². The van der Waals surface area contributed by atoms with Gasteiger partial charge in [-0.25, -0.2) is 0 Å². The second kappa shape index (κ2) is 5.58. The fourth-order valence-electron chi connectivity index (χ4n) is 3.20. The van der Waals surface area contributed by atoms with Crippen LogP contribution in [-0.2, 0) is 30.3 Å². The highest BCUT2D eigenvalue weighted by atomic mass is 16.8. The number of benzene rings is 1.